The van der Waals surface area contributed by atoms with Gasteiger partial charge in [0, 0.05) is 0 Å². The first-order valence-corrected chi connectivity index (χ1v) is 2.51. The van der Waals surface area contributed by atoms with Crippen molar-refractivity contribution in [2.75, 3.05) is 12.8 Å². The predicted octanol–water partition coefficient (Wildman–Crippen LogP) is 0.574. The van der Waals surface area contributed by atoms with Crippen molar-refractivity contribution in [2.24, 2.45) is 0 Å². The SMILES string of the molecule is COc1noc(N)c1C. The van der Waals surface area contributed by atoms with Crippen LogP contribution in [0, 0.1) is 6.92 Å². The molecule has 50 valence electrons. The van der Waals surface area contributed by atoms with Crippen LogP contribution in [0.25, 0.3) is 0 Å². The van der Waals surface area contributed by atoms with Crippen LogP contribution < -0.4 is 10.5 Å². The minimum Gasteiger partial charge on any atom is -0.479 e. The second-order valence-electron chi connectivity index (χ2n) is 1.68. The van der Waals surface area contributed by atoms with Crippen LogP contribution in [0.4, 0.5) is 5.88 Å². The molecular weight excluding hydrogens is 120 g/mol. The third-order valence-electron chi connectivity index (χ3n) is 1.11. The fourth-order valence-corrected chi connectivity index (χ4v) is 0.523. The Bertz CT molecular complexity index is 207. The highest BCUT2D eigenvalue weighted by Crippen LogP contribution is 2.20. The molecule has 0 spiro atoms. The zero-order valence-electron chi connectivity index (χ0n) is 5.34. The highest BCUT2D eigenvalue weighted by Gasteiger charge is 2.06. The Morgan fingerprint density at radius 3 is 2.56 bits per heavy atom. The lowest BCUT2D eigenvalue weighted by Gasteiger charge is -1.89. The molecule has 0 unspecified atom stereocenters. The van der Waals surface area contributed by atoms with E-state index >= 15 is 0 Å². The highest BCUT2D eigenvalue weighted by molar-refractivity contribution is 5.40. The van der Waals surface area contributed by atoms with Crippen molar-refractivity contribution in [3.05, 3.63) is 5.56 Å². The smallest absolute Gasteiger partial charge is 0.259 e. The fourth-order valence-electron chi connectivity index (χ4n) is 0.523. The maximum Gasteiger partial charge on any atom is 0.259 e. The van der Waals surface area contributed by atoms with E-state index in [4.69, 9.17) is 10.5 Å². The summed E-state index contributed by atoms with van der Waals surface area (Å²) in [6, 6.07) is 0. The minimum atomic E-state index is 0.312. The molecule has 2 N–H and O–H groups in total. The summed E-state index contributed by atoms with van der Waals surface area (Å²) in [7, 11) is 1.52. The number of hydrogen-bond acceptors (Lipinski definition) is 4. The lowest BCUT2D eigenvalue weighted by Crippen LogP contribution is -1.86. The summed E-state index contributed by atoms with van der Waals surface area (Å²) in [6.07, 6.45) is 0. The van der Waals surface area contributed by atoms with Gasteiger partial charge in [-0.15, -0.1) is 0 Å². The van der Waals surface area contributed by atoms with Crippen molar-refractivity contribution >= 4 is 5.88 Å². The van der Waals surface area contributed by atoms with Gasteiger partial charge < -0.3 is 15.0 Å². The summed E-state index contributed by atoms with van der Waals surface area (Å²) in [6.45, 7) is 1.78. The Kier molecular flexibility index (Phi) is 1.30. The third-order valence-corrected chi connectivity index (χ3v) is 1.11. The van der Waals surface area contributed by atoms with Crippen molar-refractivity contribution in [1.82, 2.24) is 5.16 Å². The molecule has 1 heterocycles. The average molecular weight is 128 g/mol. The maximum absolute atomic E-state index is 5.31. The number of hydrogen-bond donors (Lipinski definition) is 1. The topological polar surface area (TPSA) is 61.3 Å². The van der Waals surface area contributed by atoms with Crippen LogP contribution in [-0.4, -0.2) is 12.3 Å². The molecule has 0 aromatic carbocycles. The molecule has 0 aliphatic carbocycles. The number of methoxy groups -OCH3 is 1. The second-order valence-corrected chi connectivity index (χ2v) is 1.68. The first kappa shape index (κ1) is 5.94. The molecule has 1 aromatic heterocycles. The van der Waals surface area contributed by atoms with Gasteiger partial charge in [0.05, 0.1) is 12.7 Å². The Morgan fingerprint density at radius 1 is 1.67 bits per heavy atom. The van der Waals surface area contributed by atoms with Gasteiger partial charge in [0.15, 0.2) is 0 Å². The van der Waals surface area contributed by atoms with E-state index in [0.29, 0.717) is 11.8 Å². The van der Waals surface area contributed by atoms with Crippen molar-refractivity contribution in [2.45, 2.75) is 6.92 Å². The van der Waals surface area contributed by atoms with Crippen LogP contribution in [0.2, 0.25) is 0 Å². The largest absolute Gasteiger partial charge is 0.479 e. The van der Waals surface area contributed by atoms with Crippen molar-refractivity contribution in [3.63, 3.8) is 0 Å². The van der Waals surface area contributed by atoms with Crippen LogP contribution >= 0.6 is 0 Å². The van der Waals surface area contributed by atoms with E-state index in [-0.39, 0.29) is 0 Å². The number of aromatic nitrogens is 1. The summed E-state index contributed by atoms with van der Waals surface area (Å²) in [5.41, 5.74) is 6.05. The van der Waals surface area contributed by atoms with Crippen molar-refractivity contribution in [1.29, 1.82) is 0 Å². The molecule has 0 saturated carbocycles. The van der Waals surface area contributed by atoms with Crippen LogP contribution in [0.15, 0.2) is 4.52 Å². The molecule has 4 nitrogen and oxygen atoms in total. The van der Waals surface area contributed by atoms with Crippen LogP contribution in [0.1, 0.15) is 5.56 Å². The monoisotopic (exact) mass is 128 g/mol. The van der Waals surface area contributed by atoms with E-state index in [1.54, 1.807) is 6.92 Å². The molecule has 0 radical (unpaired) electrons. The summed E-state index contributed by atoms with van der Waals surface area (Å²) >= 11 is 0. The van der Waals surface area contributed by atoms with Crippen molar-refractivity contribution < 1.29 is 9.26 Å². The van der Waals surface area contributed by atoms with Gasteiger partial charge in [0.25, 0.3) is 5.88 Å². The Balaban J connectivity index is 3.04. The zero-order valence-corrected chi connectivity index (χ0v) is 5.34. The summed E-state index contributed by atoms with van der Waals surface area (Å²) < 4.78 is 9.37. The number of anilines is 1. The lowest BCUT2D eigenvalue weighted by atomic mass is 10.4. The van der Waals surface area contributed by atoms with E-state index in [1.807, 2.05) is 0 Å². The molecule has 1 rings (SSSR count). The van der Waals surface area contributed by atoms with Gasteiger partial charge >= 0.3 is 0 Å². The Morgan fingerprint density at radius 2 is 2.33 bits per heavy atom. The predicted molar refractivity (Wildman–Crippen MR) is 32.2 cm³/mol. The summed E-state index contributed by atoms with van der Waals surface area (Å²) in [4.78, 5) is 0. The standard InChI is InChI=1S/C5H8N2O2/c1-3-4(6)9-7-5(3)8-2/h6H2,1-2H3. The maximum atomic E-state index is 5.31. The van der Waals surface area contributed by atoms with Crippen LogP contribution in [0.5, 0.6) is 5.88 Å². The first-order valence-electron chi connectivity index (χ1n) is 2.51. The van der Waals surface area contributed by atoms with Gasteiger partial charge in [0.2, 0.25) is 5.88 Å². The molecule has 0 saturated heterocycles. The van der Waals surface area contributed by atoms with E-state index in [0.717, 1.165) is 5.56 Å². The van der Waals surface area contributed by atoms with Gasteiger partial charge in [-0.3, -0.25) is 0 Å². The summed E-state index contributed by atoms with van der Waals surface area (Å²) in [5, 5.41) is 3.51. The third kappa shape index (κ3) is 0.826. The first-order chi connectivity index (χ1) is 4.25. The fraction of sp³-hybridized carbons (Fsp3) is 0.400. The number of nitrogens with two attached hydrogens (primary N) is 1. The quantitative estimate of drug-likeness (QED) is 0.600. The number of rotatable bonds is 1. The molecule has 0 bridgehead atoms. The van der Waals surface area contributed by atoms with E-state index < -0.39 is 0 Å². The zero-order chi connectivity index (χ0) is 6.85. The van der Waals surface area contributed by atoms with Gasteiger partial charge in [-0.25, -0.2) is 0 Å². The van der Waals surface area contributed by atoms with Crippen molar-refractivity contribution in [3.8, 4) is 5.88 Å². The average Bonchev–Trinajstić information content (AvgIpc) is 2.15. The molecule has 0 atom stereocenters. The normalized spacial score (nSPS) is 9.56. The molecule has 0 aliphatic rings. The van der Waals surface area contributed by atoms with Gasteiger partial charge in [0.1, 0.15) is 0 Å². The number of ether oxygens (including phenoxy) is 1. The van der Waals surface area contributed by atoms with E-state index in [9.17, 15) is 0 Å². The van der Waals surface area contributed by atoms with Gasteiger partial charge in [-0.2, -0.15) is 0 Å². The molecular formula is C5H8N2O2. The number of nitrogens with zero attached hydrogens (tertiary/aromatic N) is 1. The molecule has 4 heteroatoms. The minimum absolute atomic E-state index is 0.312. The van der Waals surface area contributed by atoms with Crippen LogP contribution in [-0.2, 0) is 0 Å². The van der Waals surface area contributed by atoms with E-state index in [1.165, 1.54) is 7.11 Å². The molecule has 1 aromatic rings. The molecule has 0 fully saturated rings. The Labute approximate surface area is 52.6 Å². The molecule has 0 amide bonds. The molecule has 9 heavy (non-hydrogen) atoms. The van der Waals surface area contributed by atoms with E-state index in [2.05, 4.69) is 9.68 Å². The summed E-state index contributed by atoms with van der Waals surface area (Å²) in [5.74, 6) is 0.763. The lowest BCUT2D eigenvalue weighted by molar-refractivity contribution is 0.343. The molecule has 0 aliphatic heterocycles. The van der Waals surface area contributed by atoms with Gasteiger partial charge in [-0.1, -0.05) is 0 Å². The second kappa shape index (κ2) is 1.97. The van der Waals surface area contributed by atoms with Gasteiger partial charge in [-0.05, 0) is 12.1 Å². The Hall–Kier alpha value is -1.19. The highest BCUT2D eigenvalue weighted by atomic mass is 16.5. The van der Waals surface area contributed by atoms with Crippen LogP contribution in [0.3, 0.4) is 0 Å². The number of nitrogen functional groups attached to an aromatic ring is 1.